The van der Waals surface area contributed by atoms with E-state index in [9.17, 15) is 0 Å². The lowest BCUT2D eigenvalue weighted by Crippen LogP contribution is -2.15. The molecule has 0 spiro atoms. The van der Waals surface area contributed by atoms with Crippen molar-refractivity contribution >= 4 is 11.9 Å². The Morgan fingerprint density at radius 1 is 1.18 bits per heavy atom. The highest BCUT2D eigenvalue weighted by molar-refractivity contribution is 7.96. The maximum atomic E-state index is 2.38. The van der Waals surface area contributed by atoms with Crippen LogP contribution in [0.25, 0.3) is 0 Å². The molecule has 0 aliphatic carbocycles. The lowest BCUT2D eigenvalue weighted by molar-refractivity contribution is 0.480. The standard InChI is InChI=1S/C7H17NS.C2H6/c1-4-6-7-8(5-2)9-3;1-2/h4-7H2,1-3H3;1-2H3. The van der Waals surface area contributed by atoms with Gasteiger partial charge in [0.2, 0.25) is 0 Å². The van der Waals surface area contributed by atoms with Crippen molar-refractivity contribution in [1.82, 2.24) is 4.31 Å². The van der Waals surface area contributed by atoms with Gasteiger partial charge in [0, 0.05) is 13.1 Å². The van der Waals surface area contributed by atoms with Gasteiger partial charge < -0.3 is 0 Å². The summed E-state index contributed by atoms with van der Waals surface area (Å²) in [6, 6.07) is 0. The van der Waals surface area contributed by atoms with Gasteiger partial charge in [0.05, 0.1) is 0 Å². The van der Waals surface area contributed by atoms with Crippen LogP contribution in [0, 0.1) is 0 Å². The predicted molar refractivity (Wildman–Crippen MR) is 57.0 cm³/mol. The van der Waals surface area contributed by atoms with Gasteiger partial charge in [0.15, 0.2) is 0 Å². The minimum absolute atomic E-state index is 1.17. The molecule has 0 aliphatic rings. The lowest BCUT2D eigenvalue weighted by Gasteiger charge is -2.15. The van der Waals surface area contributed by atoms with Crippen molar-refractivity contribution in [2.45, 2.75) is 40.5 Å². The summed E-state index contributed by atoms with van der Waals surface area (Å²) in [5, 5.41) is 0. The minimum atomic E-state index is 1.17. The van der Waals surface area contributed by atoms with Crippen molar-refractivity contribution in [3.8, 4) is 0 Å². The second-order valence-electron chi connectivity index (χ2n) is 2.06. The molecule has 70 valence electrons. The molecule has 11 heavy (non-hydrogen) atoms. The van der Waals surface area contributed by atoms with E-state index in [1.807, 2.05) is 25.8 Å². The fourth-order valence-corrected chi connectivity index (χ4v) is 1.28. The third-order valence-corrected chi connectivity index (χ3v) is 2.33. The van der Waals surface area contributed by atoms with Crippen LogP contribution in [-0.2, 0) is 0 Å². The van der Waals surface area contributed by atoms with Gasteiger partial charge in [-0.1, -0.05) is 46.1 Å². The van der Waals surface area contributed by atoms with E-state index in [0.717, 1.165) is 0 Å². The topological polar surface area (TPSA) is 3.24 Å². The van der Waals surface area contributed by atoms with Crippen molar-refractivity contribution in [3.63, 3.8) is 0 Å². The number of rotatable bonds is 5. The fraction of sp³-hybridized carbons (Fsp3) is 1.00. The van der Waals surface area contributed by atoms with Crippen LogP contribution in [-0.4, -0.2) is 23.7 Å². The first-order chi connectivity index (χ1) is 5.35. The van der Waals surface area contributed by atoms with E-state index in [2.05, 4.69) is 24.4 Å². The molecular weight excluding hydrogens is 154 g/mol. The molecule has 0 saturated heterocycles. The van der Waals surface area contributed by atoms with Crippen molar-refractivity contribution in [2.75, 3.05) is 19.3 Å². The predicted octanol–water partition coefficient (Wildman–Crippen LogP) is 3.41. The molecule has 0 atom stereocenters. The highest BCUT2D eigenvalue weighted by atomic mass is 32.2. The summed E-state index contributed by atoms with van der Waals surface area (Å²) < 4.78 is 2.38. The molecule has 1 nitrogen and oxygen atoms in total. The molecule has 0 unspecified atom stereocenters. The molecule has 0 heterocycles. The summed E-state index contributed by atoms with van der Waals surface area (Å²) in [6.45, 7) is 10.8. The highest BCUT2D eigenvalue weighted by Crippen LogP contribution is 2.05. The van der Waals surface area contributed by atoms with E-state index in [1.54, 1.807) is 0 Å². The SMILES string of the molecule is CC.CCCCN(CC)SC. The molecule has 0 aromatic rings. The molecule has 0 saturated carbocycles. The normalized spacial score (nSPS) is 9.27. The molecule has 0 N–H and O–H groups in total. The third-order valence-electron chi connectivity index (χ3n) is 1.37. The molecule has 0 aromatic heterocycles. The number of unbranched alkanes of at least 4 members (excludes halogenated alkanes) is 1. The Morgan fingerprint density at radius 3 is 2.00 bits per heavy atom. The van der Waals surface area contributed by atoms with E-state index in [0.29, 0.717) is 0 Å². The third kappa shape index (κ3) is 10.3. The van der Waals surface area contributed by atoms with Gasteiger partial charge in [-0.05, 0) is 12.7 Å². The van der Waals surface area contributed by atoms with E-state index in [4.69, 9.17) is 0 Å². The molecule has 0 radical (unpaired) electrons. The molecule has 0 bridgehead atoms. The maximum Gasteiger partial charge on any atom is 0.00890 e. The van der Waals surface area contributed by atoms with Gasteiger partial charge in [0.25, 0.3) is 0 Å². The van der Waals surface area contributed by atoms with E-state index in [-0.39, 0.29) is 0 Å². The summed E-state index contributed by atoms with van der Waals surface area (Å²) in [5.74, 6) is 0. The van der Waals surface area contributed by atoms with Crippen LogP contribution in [0.2, 0.25) is 0 Å². The summed E-state index contributed by atoms with van der Waals surface area (Å²) in [7, 11) is 0. The average molecular weight is 177 g/mol. The monoisotopic (exact) mass is 177 g/mol. The lowest BCUT2D eigenvalue weighted by atomic mass is 10.3. The van der Waals surface area contributed by atoms with Gasteiger partial charge in [-0.15, -0.1) is 0 Å². The van der Waals surface area contributed by atoms with Crippen molar-refractivity contribution in [3.05, 3.63) is 0 Å². The molecule has 0 rings (SSSR count). The molecule has 0 aromatic carbocycles. The van der Waals surface area contributed by atoms with Crippen LogP contribution in [0.1, 0.15) is 40.5 Å². The van der Waals surface area contributed by atoms with Gasteiger partial charge in [-0.2, -0.15) is 0 Å². The van der Waals surface area contributed by atoms with Crippen molar-refractivity contribution in [1.29, 1.82) is 0 Å². The van der Waals surface area contributed by atoms with Crippen LogP contribution in [0.3, 0.4) is 0 Å². The molecule has 0 aliphatic heterocycles. The molecular formula is C9H23NS. The van der Waals surface area contributed by atoms with Crippen LogP contribution in [0.5, 0.6) is 0 Å². The Bertz CT molecular complexity index is 53.5. The first kappa shape index (κ1) is 13.9. The summed E-state index contributed by atoms with van der Waals surface area (Å²) >= 11 is 1.84. The summed E-state index contributed by atoms with van der Waals surface area (Å²) in [5.41, 5.74) is 0. The number of hydrogen-bond donors (Lipinski definition) is 0. The van der Waals surface area contributed by atoms with E-state index >= 15 is 0 Å². The largest absolute Gasteiger partial charge is 0.251 e. The van der Waals surface area contributed by atoms with Crippen molar-refractivity contribution in [2.24, 2.45) is 0 Å². The maximum absolute atomic E-state index is 2.38. The van der Waals surface area contributed by atoms with Gasteiger partial charge in [-0.3, -0.25) is 4.31 Å². The Labute approximate surface area is 76.7 Å². The van der Waals surface area contributed by atoms with Crippen LogP contribution in [0.4, 0.5) is 0 Å². The fourth-order valence-electron chi connectivity index (χ4n) is 0.713. The Balaban J connectivity index is 0. The Kier molecular flexibility index (Phi) is 16.3. The number of nitrogens with zero attached hydrogens (tertiary/aromatic N) is 1. The second-order valence-corrected chi connectivity index (χ2v) is 2.94. The second kappa shape index (κ2) is 12.9. The number of hydrogen-bond acceptors (Lipinski definition) is 2. The highest BCUT2D eigenvalue weighted by Gasteiger charge is 1.95. The Morgan fingerprint density at radius 2 is 1.73 bits per heavy atom. The summed E-state index contributed by atoms with van der Waals surface area (Å²) in [6.07, 6.45) is 4.77. The zero-order chi connectivity index (χ0) is 9.11. The van der Waals surface area contributed by atoms with Gasteiger partial charge in [0.1, 0.15) is 0 Å². The van der Waals surface area contributed by atoms with E-state index < -0.39 is 0 Å². The zero-order valence-electron chi connectivity index (χ0n) is 8.68. The van der Waals surface area contributed by atoms with Crippen LogP contribution in [0.15, 0.2) is 0 Å². The smallest absolute Gasteiger partial charge is 0.00890 e. The first-order valence-corrected chi connectivity index (χ1v) is 5.82. The summed E-state index contributed by atoms with van der Waals surface area (Å²) in [4.78, 5) is 0. The zero-order valence-corrected chi connectivity index (χ0v) is 9.50. The minimum Gasteiger partial charge on any atom is -0.251 e. The van der Waals surface area contributed by atoms with Crippen molar-refractivity contribution < 1.29 is 0 Å². The molecule has 0 fully saturated rings. The molecule has 2 heteroatoms. The quantitative estimate of drug-likeness (QED) is 0.592. The van der Waals surface area contributed by atoms with Gasteiger partial charge >= 0.3 is 0 Å². The average Bonchev–Trinajstić information content (AvgIpc) is 2.10. The molecule has 0 amide bonds. The Hall–Kier alpha value is 0.310. The van der Waals surface area contributed by atoms with Crippen LogP contribution >= 0.6 is 11.9 Å². The van der Waals surface area contributed by atoms with Gasteiger partial charge in [-0.25, -0.2) is 0 Å². The van der Waals surface area contributed by atoms with E-state index in [1.165, 1.54) is 25.9 Å². The first-order valence-electron chi connectivity index (χ1n) is 4.64. The van der Waals surface area contributed by atoms with Crippen LogP contribution < -0.4 is 0 Å².